The second-order valence-corrected chi connectivity index (χ2v) is 7.35. The third-order valence-electron chi connectivity index (χ3n) is 2.97. The van der Waals surface area contributed by atoms with Gasteiger partial charge in [-0.1, -0.05) is 0 Å². The van der Waals surface area contributed by atoms with E-state index in [2.05, 4.69) is 0 Å². The number of likely N-dealkylation sites (N-methyl/N-ethyl adjacent to an activating group) is 1. The van der Waals surface area contributed by atoms with E-state index in [0.29, 0.717) is 0 Å². The summed E-state index contributed by atoms with van der Waals surface area (Å²) in [5, 5.41) is 10.9. The predicted octanol–water partition coefficient (Wildman–Crippen LogP) is -0.327. The van der Waals surface area contributed by atoms with Gasteiger partial charge in [-0.25, -0.2) is 8.42 Å². The summed E-state index contributed by atoms with van der Waals surface area (Å²) in [6.07, 6.45) is -7.45. The van der Waals surface area contributed by atoms with Gasteiger partial charge in [0.05, 0.1) is 36.5 Å². The summed E-state index contributed by atoms with van der Waals surface area (Å²) in [4.78, 5) is 10.8. The number of aliphatic hydroxyl groups excluding tert-OH is 1. The van der Waals surface area contributed by atoms with Crippen molar-refractivity contribution >= 4 is 16.0 Å². The lowest BCUT2D eigenvalue weighted by molar-refractivity contribution is -0.893. The molecule has 0 saturated carbocycles. The number of amides is 1. The van der Waals surface area contributed by atoms with E-state index >= 15 is 0 Å². The zero-order valence-electron chi connectivity index (χ0n) is 12.9. The second kappa shape index (κ2) is 7.89. The Morgan fingerprint density at radius 3 is 2.17 bits per heavy atom. The third-order valence-corrected chi connectivity index (χ3v) is 3.76. The highest BCUT2D eigenvalue weighted by Gasteiger charge is 2.63. The first kappa shape index (κ1) is 22.9. The van der Waals surface area contributed by atoms with E-state index in [0.717, 1.165) is 0 Å². The smallest absolute Gasteiger partial charge is 0.463 e. The molecular weight excluding hydrogens is 367 g/mol. The van der Waals surface area contributed by atoms with Gasteiger partial charge in [0.15, 0.2) is 0 Å². The molecule has 0 aliphatic carbocycles. The van der Waals surface area contributed by atoms with Gasteiger partial charge >= 0.3 is 12.1 Å². The van der Waals surface area contributed by atoms with E-state index in [1.165, 1.54) is 19.4 Å². The van der Waals surface area contributed by atoms with Crippen LogP contribution >= 0.6 is 0 Å². The van der Waals surface area contributed by atoms with E-state index in [1.807, 2.05) is 0 Å². The quantitative estimate of drug-likeness (QED) is 0.244. The fourth-order valence-corrected chi connectivity index (χ4v) is 2.48. The molecule has 0 spiro atoms. The molecule has 0 bridgehead atoms. The van der Waals surface area contributed by atoms with E-state index in [4.69, 9.17) is 0 Å². The minimum atomic E-state index is -5.99. The Labute approximate surface area is 135 Å². The number of nitrogens with one attached hydrogen (secondary N) is 1. The summed E-state index contributed by atoms with van der Waals surface area (Å²) in [5.41, 5.74) is 0. The lowest BCUT2D eigenvalue weighted by Crippen LogP contribution is -2.51. The number of alkyl halides is 5. The van der Waals surface area contributed by atoms with Crippen LogP contribution in [0.15, 0.2) is 0 Å². The number of nitrogens with zero attached hydrogens (tertiary/aromatic N) is 1. The SMILES string of the molecule is C[N+](C)(CCCNC(=O)C(F)(F)C(F)(F)F)CC(O)CS(=O)(=O)[O-]. The summed E-state index contributed by atoms with van der Waals surface area (Å²) in [5.74, 6) is -8.95. The Hall–Kier alpha value is -1.05. The van der Waals surface area contributed by atoms with Crippen molar-refractivity contribution in [2.24, 2.45) is 0 Å². The average Bonchev–Trinajstić information content (AvgIpc) is 2.29. The molecule has 0 heterocycles. The van der Waals surface area contributed by atoms with Crippen LogP contribution in [-0.2, 0) is 14.9 Å². The van der Waals surface area contributed by atoms with Crippen LogP contribution in [0.3, 0.4) is 0 Å². The minimum absolute atomic E-state index is 0.0104. The molecule has 0 aromatic carbocycles. The fraction of sp³-hybridized carbons (Fsp3) is 0.909. The normalized spacial score (nSPS) is 15.2. The van der Waals surface area contributed by atoms with Crippen molar-refractivity contribution in [2.75, 3.05) is 39.5 Å². The van der Waals surface area contributed by atoms with Crippen LogP contribution in [0.25, 0.3) is 0 Å². The van der Waals surface area contributed by atoms with Gasteiger partial charge in [0.1, 0.15) is 12.6 Å². The molecule has 1 amide bonds. The van der Waals surface area contributed by atoms with E-state index in [-0.39, 0.29) is 24.0 Å². The molecule has 13 heteroatoms. The van der Waals surface area contributed by atoms with Gasteiger partial charge in [-0.05, 0) is 0 Å². The first-order valence-corrected chi connectivity index (χ1v) is 8.22. The lowest BCUT2D eigenvalue weighted by Gasteiger charge is -2.32. The first-order chi connectivity index (χ1) is 10.5. The molecule has 2 N–H and O–H groups in total. The number of hydrogen-bond donors (Lipinski definition) is 2. The van der Waals surface area contributed by atoms with Crippen molar-refractivity contribution < 1.29 is 49.3 Å². The van der Waals surface area contributed by atoms with Gasteiger partial charge in [-0.2, -0.15) is 22.0 Å². The van der Waals surface area contributed by atoms with E-state index in [9.17, 15) is 44.8 Å². The molecule has 0 aromatic heterocycles. The molecule has 7 nitrogen and oxygen atoms in total. The van der Waals surface area contributed by atoms with Crippen LogP contribution < -0.4 is 5.32 Å². The van der Waals surface area contributed by atoms with Crippen molar-refractivity contribution in [1.29, 1.82) is 0 Å². The molecule has 24 heavy (non-hydrogen) atoms. The zero-order valence-corrected chi connectivity index (χ0v) is 13.8. The fourth-order valence-electron chi connectivity index (χ4n) is 1.90. The number of aliphatic hydroxyl groups is 1. The second-order valence-electron chi connectivity index (χ2n) is 5.90. The highest BCUT2D eigenvalue weighted by Crippen LogP contribution is 2.35. The minimum Gasteiger partial charge on any atom is -0.748 e. The number of hydrogen-bond acceptors (Lipinski definition) is 5. The molecule has 0 aliphatic heterocycles. The molecule has 1 atom stereocenters. The third kappa shape index (κ3) is 8.17. The Morgan fingerprint density at radius 2 is 1.75 bits per heavy atom. The predicted molar refractivity (Wildman–Crippen MR) is 71.0 cm³/mol. The standard InChI is InChI=1S/C11H19F5N2O5S/c1-18(2,6-8(19)7-24(21,22)23)5-3-4-17-9(20)10(12,13)11(14,15)16/h8,19H,3-7H2,1-2H3,(H-,17,20,21,22,23). The maximum atomic E-state index is 12.7. The molecule has 0 aromatic rings. The molecule has 0 aliphatic rings. The van der Waals surface area contributed by atoms with Gasteiger partial charge in [-0.3, -0.25) is 4.79 Å². The van der Waals surface area contributed by atoms with Crippen molar-refractivity contribution in [3.05, 3.63) is 0 Å². The number of rotatable bonds is 9. The van der Waals surface area contributed by atoms with Crippen molar-refractivity contribution in [2.45, 2.75) is 24.6 Å². The summed E-state index contributed by atoms with van der Waals surface area (Å²) in [7, 11) is -1.58. The molecule has 1 unspecified atom stereocenters. The summed E-state index contributed by atoms with van der Waals surface area (Å²) in [6.45, 7) is -0.510. The maximum absolute atomic E-state index is 12.7. The topological polar surface area (TPSA) is 107 Å². The first-order valence-electron chi connectivity index (χ1n) is 6.64. The molecule has 0 radical (unpaired) electrons. The van der Waals surface area contributed by atoms with Gasteiger partial charge in [0.2, 0.25) is 0 Å². The highest BCUT2D eigenvalue weighted by molar-refractivity contribution is 7.85. The maximum Gasteiger partial charge on any atom is 0.463 e. The van der Waals surface area contributed by atoms with Crippen molar-refractivity contribution in [3.63, 3.8) is 0 Å². The Balaban J connectivity index is 4.34. The summed E-state index contributed by atoms with van der Waals surface area (Å²) < 4.78 is 92.6. The number of halogens is 5. The van der Waals surface area contributed by atoms with Crippen molar-refractivity contribution in [3.8, 4) is 0 Å². The number of quaternary nitrogens is 1. The number of carbonyl (C=O) groups excluding carboxylic acids is 1. The van der Waals surface area contributed by atoms with Crippen LogP contribution in [-0.4, -0.2) is 86.2 Å². The largest absolute Gasteiger partial charge is 0.748 e. The van der Waals surface area contributed by atoms with Crippen LogP contribution in [0.4, 0.5) is 22.0 Å². The summed E-state index contributed by atoms with van der Waals surface area (Å²) >= 11 is 0. The monoisotopic (exact) mass is 386 g/mol. The van der Waals surface area contributed by atoms with Crippen LogP contribution in [0.2, 0.25) is 0 Å². The molecular formula is C11H19F5N2O5S. The zero-order chi connectivity index (χ0) is 19.4. The average molecular weight is 386 g/mol. The molecule has 0 fully saturated rings. The number of carbonyl (C=O) groups is 1. The van der Waals surface area contributed by atoms with E-state index in [1.54, 1.807) is 0 Å². The Bertz CT molecular complexity index is 535. The van der Waals surface area contributed by atoms with Crippen molar-refractivity contribution in [1.82, 2.24) is 5.32 Å². The van der Waals surface area contributed by atoms with Crippen LogP contribution in [0, 0.1) is 0 Å². The molecule has 0 rings (SSSR count). The van der Waals surface area contributed by atoms with Gasteiger partial charge in [-0.15, -0.1) is 0 Å². The Kier molecular flexibility index (Phi) is 7.54. The lowest BCUT2D eigenvalue weighted by atomic mass is 10.2. The Morgan fingerprint density at radius 1 is 1.25 bits per heavy atom. The van der Waals surface area contributed by atoms with Gasteiger partial charge < -0.3 is 19.5 Å². The molecule has 0 saturated heterocycles. The summed E-state index contributed by atoms with van der Waals surface area (Å²) in [6, 6.07) is 0. The highest BCUT2D eigenvalue weighted by atomic mass is 32.2. The van der Waals surface area contributed by atoms with Crippen LogP contribution in [0.5, 0.6) is 0 Å². The van der Waals surface area contributed by atoms with Gasteiger partial charge in [0, 0.05) is 13.0 Å². The molecule has 144 valence electrons. The van der Waals surface area contributed by atoms with Crippen LogP contribution in [0.1, 0.15) is 6.42 Å². The van der Waals surface area contributed by atoms with Gasteiger partial charge in [0.25, 0.3) is 5.91 Å². The van der Waals surface area contributed by atoms with E-state index < -0.39 is 46.5 Å².